The van der Waals surface area contributed by atoms with Crippen LogP contribution in [0.5, 0.6) is 0 Å². The minimum absolute atomic E-state index is 0.149. The van der Waals surface area contributed by atoms with Gasteiger partial charge in [0.05, 0.1) is 11.1 Å². The Balaban J connectivity index is 1.93. The van der Waals surface area contributed by atoms with Gasteiger partial charge in [-0.3, -0.25) is 14.8 Å². The summed E-state index contributed by atoms with van der Waals surface area (Å²) in [6.45, 7) is 0.804. The van der Waals surface area contributed by atoms with Crippen molar-refractivity contribution in [2.45, 2.75) is 25.8 Å². The highest BCUT2D eigenvalue weighted by molar-refractivity contribution is 5.72. The van der Waals surface area contributed by atoms with Crippen LogP contribution in [0.3, 0.4) is 0 Å². The summed E-state index contributed by atoms with van der Waals surface area (Å²) in [7, 11) is 0. The van der Waals surface area contributed by atoms with E-state index >= 15 is 0 Å². The van der Waals surface area contributed by atoms with E-state index in [4.69, 9.17) is 5.73 Å². The Morgan fingerprint density at radius 1 is 1.48 bits per heavy atom. The molecule has 1 aliphatic rings. The minimum Gasteiger partial charge on any atom is -0.393 e. The number of hydrogen-bond acceptors (Lipinski definition) is 4. The summed E-state index contributed by atoms with van der Waals surface area (Å²) in [5.41, 5.74) is 5.28. The van der Waals surface area contributed by atoms with Crippen molar-refractivity contribution in [3.05, 3.63) is 40.5 Å². The van der Waals surface area contributed by atoms with Crippen LogP contribution in [0.15, 0.2) is 24.5 Å². The van der Waals surface area contributed by atoms with E-state index in [0.717, 1.165) is 6.54 Å². The van der Waals surface area contributed by atoms with Gasteiger partial charge in [-0.25, -0.2) is 0 Å². The summed E-state index contributed by atoms with van der Waals surface area (Å²) in [5.74, 6) is -0.286. The molecule has 0 saturated heterocycles. The monoisotopic (exact) mass is 290 g/mol. The number of aromatic nitrogens is 2. The van der Waals surface area contributed by atoms with Crippen LogP contribution in [-0.2, 0) is 6.54 Å². The quantitative estimate of drug-likeness (QED) is 0.532. The van der Waals surface area contributed by atoms with Crippen molar-refractivity contribution in [1.29, 1.82) is 0 Å². The largest absolute Gasteiger partial charge is 0.393 e. The van der Waals surface area contributed by atoms with Crippen molar-refractivity contribution < 1.29 is 9.31 Å². The summed E-state index contributed by atoms with van der Waals surface area (Å²) < 4.78 is 16.0. The molecule has 1 heterocycles. The summed E-state index contributed by atoms with van der Waals surface area (Å²) in [5, 5.41) is 15.1. The fourth-order valence-electron chi connectivity index (χ4n) is 2.53. The molecule has 1 fully saturated rings. The minimum atomic E-state index is -0.914. The lowest BCUT2D eigenvalue weighted by molar-refractivity contribution is -0.386. The number of benzene rings is 1. The highest BCUT2D eigenvalue weighted by Crippen LogP contribution is 2.34. The van der Waals surface area contributed by atoms with Gasteiger partial charge in [-0.1, -0.05) is 6.42 Å². The molecule has 0 radical (unpaired) electrons. The van der Waals surface area contributed by atoms with Crippen molar-refractivity contribution in [3.8, 4) is 11.1 Å². The van der Waals surface area contributed by atoms with Gasteiger partial charge in [-0.15, -0.1) is 0 Å². The molecule has 2 aromatic rings. The van der Waals surface area contributed by atoms with Gasteiger partial charge >= 0.3 is 5.69 Å². The molecule has 7 heteroatoms. The van der Waals surface area contributed by atoms with E-state index in [1.54, 1.807) is 10.9 Å². The van der Waals surface area contributed by atoms with Gasteiger partial charge in [0, 0.05) is 23.9 Å². The van der Waals surface area contributed by atoms with Gasteiger partial charge in [0.15, 0.2) is 0 Å². The van der Waals surface area contributed by atoms with Gasteiger partial charge in [-0.05, 0) is 30.9 Å². The van der Waals surface area contributed by atoms with E-state index < -0.39 is 16.4 Å². The predicted octanol–water partition coefficient (Wildman–Crippen LogP) is 2.98. The zero-order chi connectivity index (χ0) is 15.0. The highest BCUT2D eigenvalue weighted by Gasteiger charge is 2.24. The van der Waals surface area contributed by atoms with Crippen LogP contribution in [0, 0.1) is 21.8 Å². The Bertz CT molecular complexity index is 694. The number of nitro groups is 1. The number of nitrogens with two attached hydrogens (primary N) is 1. The van der Waals surface area contributed by atoms with E-state index in [1.165, 1.54) is 37.6 Å². The Hall–Kier alpha value is -2.44. The molecule has 0 unspecified atom stereocenters. The average molecular weight is 290 g/mol. The second-order valence-corrected chi connectivity index (χ2v) is 5.37. The van der Waals surface area contributed by atoms with E-state index in [9.17, 15) is 14.5 Å². The average Bonchev–Trinajstić information content (AvgIpc) is 2.82. The number of halogens is 1. The van der Waals surface area contributed by atoms with Crippen molar-refractivity contribution >= 4 is 11.4 Å². The zero-order valence-corrected chi connectivity index (χ0v) is 11.3. The molecular formula is C14H15FN4O2. The van der Waals surface area contributed by atoms with E-state index in [1.807, 2.05) is 0 Å². The smallest absolute Gasteiger partial charge is 0.328 e. The number of nitro benzene ring substituents is 1. The molecule has 6 nitrogen and oxygen atoms in total. The van der Waals surface area contributed by atoms with Crippen molar-refractivity contribution in [1.82, 2.24) is 9.78 Å². The molecule has 0 atom stereocenters. The molecule has 1 aliphatic carbocycles. The lowest BCUT2D eigenvalue weighted by atomic mass is 9.85. The van der Waals surface area contributed by atoms with Gasteiger partial charge < -0.3 is 5.73 Å². The zero-order valence-electron chi connectivity index (χ0n) is 11.3. The second-order valence-electron chi connectivity index (χ2n) is 5.37. The van der Waals surface area contributed by atoms with E-state index in [2.05, 4.69) is 5.10 Å². The van der Waals surface area contributed by atoms with E-state index in [-0.39, 0.29) is 11.3 Å². The first-order valence-corrected chi connectivity index (χ1v) is 6.81. The van der Waals surface area contributed by atoms with Gasteiger partial charge in [-0.2, -0.15) is 9.49 Å². The van der Waals surface area contributed by atoms with E-state index in [0.29, 0.717) is 11.5 Å². The van der Waals surface area contributed by atoms with Crippen LogP contribution in [0.25, 0.3) is 11.1 Å². The lowest BCUT2D eigenvalue weighted by Crippen LogP contribution is -2.18. The maximum atomic E-state index is 14.3. The Kier molecular flexibility index (Phi) is 3.32. The number of nitrogens with zero attached hydrogens (tertiary/aromatic N) is 3. The van der Waals surface area contributed by atoms with Gasteiger partial charge in [0.1, 0.15) is 5.69 Å². The predicted molar refractivity (Wildman–Crippen MR) is 76.0 cm³/mol. The molecule has 3 rings (SSSR count). The van der Waals surface area contributed by atoms with Crippen LogP contribution >= 0.6 is 0 Å². The third-order valence-corrected chi connectivity index (χ3v) is 3.94. The first-order chi connectivity index (χ1) is 10.1. The van der Waals surface area contributed by atoms with Gasteiger partial charge in [0.25, 0.3) is 0 Å². The molecule has 1 saturated carbocycles. The summed E-state index contributed by atoms with van der Waals surface area (Å²) in [6, 6.07) is 2.79. The normalized spacial score (nSPS) is 14.9. The van der Waals surface area contributed by atoms with Crippen molar-refractivity contribution in [2.75, 3.05) is 5.73 Å². The Morgan fingerprint density at radius 3 is 2.86 bits per heavy atom. The number of anilines is 1. The van der Waals surface area contributed by atoms with Crippen molar-refractivity contribution in [2.24, 2.45) is 5.92 Å². The van der Waals surface area contributed by atoms with Gasteiger partial charge in [0.2, 0.25) is 5.82 Å². The highest BCUT2D eigenvalue weighted by atomic mass is 19.1. The molecule has 110 valence electrons. The lowest BCUT2D eigenvalue weighted by Gasteiger charge is -2.24. The molecule has 0 amide bonds. The molecule has 0 aliphatic heterocycles. The fourth-order valence-corrected chi connectivity index (χ4v) is 2.53. The maximum Gasteiger partial charge on any atom is 0.328 e. The summed E-state index contributed by atoms with van der Waals surface area (Å²) >= 11 is 0. The van der Waals surface area contributed by atoms with Crippen LogP contribution in [-0.4, -0.2) is 14.7 Å². The van der Waals surface area contributed by atoms with Crippen LogP contribution in [0.4, 0.5) is 15.8 Å². The maximum absolute atomic E-state index is 14.3. The molecular weight excluding hydrogens is 275 g/mol. The first kappa shape index (κ1) is 13.5. The third kappa shape index (κ3) is 2.46. The standard InChI is InChI=1S/C14H15FN4O2/c15-13-11(4-5-12(16)14(13)19(20)21)10-6-17-18(8-10)7-9-2-1-3-9/h4-6,8-9H,1-3,7,16H2. The molecule has 0 spiro atoms. The first-order valence-electron chi connectivity index (χ1n) is 6.81. The number of rotatable bonds is 4. The SMILES string of the molecule is Nc1ccc(-c2cnn(CC3CCC3)c2)c(F)c1[N+](=O)[O-]. The molecule has 21 heavy (non-hydrogen) atoms. The molecule has 1 aromatic carbocycles. The summed E-state index contributed by atoms with van der Waals surface area (Å²) in [6.07, 6.45) is 6.87. The molecule has 1 aromatic heterocycles. The number of hydrogen-bond donors (Lipinski definition) is 1. The summed E-state index contributed by atoms with van der Waals surface area (Å²) in [4.78, 5) is 10.1. The fraction of sp³-hybridized carbons (Fsp3) is 0.357. The second kappa shape index (κ2) is 5.16. The van der Waals surface area contributed by atoms with Crippen LogP contribution < -0.4 is 5.73 Å². The topological polar surface area (TPSA) is 87.0 Å². The molecule has 2 N–H and O–H groups in total. The third-order valence-electron chi connectivity index (χ3n) is 3.94. The molecule has 0 bridgehead atoms. The van der Waals surface area contributed by atoms with Crippen molar-refractivity contribution in [3.63, 3.8) is 0 Å². The number of nitrogen functional groups attached to an aromatic ring is 1. The Morgan fingerprint density at radius 2 is 2.24 bits per heavy atom. The Labute approximate surface area is 120 Å². The van der Waals surface area contributed by atoms with Crippen LogP contribution in [0.2, 0.25) is 0 Å². The van der Waals surface area contributed by atoms with Crippen LogP contribution in [0.1, 0.15) is 19.3 Å².